The Morgan fingerprint density at radius 3 is 2.57 bits per heavy atom. The van der Waals surface area contributed by atoms with Gasteiger partial charge in [0.15, 0.2) is 0 Å². The lowest BCUT2D eigenvalue weighted by Gasteiger charge is -2.13. The van der Waals surface area contributed by atoms with Gasteiger partial charge < -0.3 is 5.43 Å². The van der Waals surface area contributed by atoms with Crippen LogP contribution in [0.5, 0.6) is 0 Å². The zero-order chi connectivity index (χ0) is 5.28. The predicted octanol–water partition coefficient (Wildman–Crippen LogP) is 0.339. The smallest absolute Gasteiger partial charge is 0.0456 e. The molecule has 2 nitrogen and oxygen atoms in total. The second-order valence-corrected chi connectivity index (χ2v) is 1.84. The highest BCUT2D eigenvalue weighted by Crippen LogP contribution is 1.97. The number of nitrogens with one attached hydrogen (secondary N) is 1. The molecule has 1 aliphatic rings. The molecule has 1 N–H and O–H groups in total. The molecule has 0 aromatic heterocycles. The van der Waals surface area contributed by atoms with Crippen LogP contribution in [0.3, 0.4) is 0 Å². The molecule has 2 heteroatoms. The summed E-state index contributed by atoms with van der Waals surface area (Å²) >= 11 is 0. The Morgan fingerprint density at radius 2 is 2.43 bits per heavy atom. The fourth-order valence-corrected chi connectivity index (χ4v) is 0.547. The summed E-state index contributed by atoms with van der Waals surface area (Å²) in [6, 6.07) is 0.556. The molecule has 1 atom stereocenters. The van der Waals surface area contributed by atoms with Crippen LogP contribution in [0.15, 0.2) is 12.3 Å². The van der Waals surface area contributed by atoms with Crippen LogP contribution in [-0.4, -0.2) is 18.1 Å². The summed E-state index contributed by atoms with van der Waals surface area (Å²) in [7, 11) is 2.02. The van der Waals surface area contributed by atoms with Gasteiger partial charge in [-0.2, -0.15) is 0 Å². The third-order valence-electron chi connectivity index (χ3n) is 1.26. The second-order valence-electron chi connectivity index (χ2n) is 1.84. The first-order chi connectivity index (χ1) is 3.30. The van der Waals surface area contributed by atoms with E-state index in [1.54, 1.807) is 0 Å². The van der Waals surface area contributed by atoms with Gasteiger partial charge in [-0.3, -0.25) is 0 Å². The summed E-state index contributed by atoms with van der Waals surface area (Å²) in [5, 5.41) is 2.04. The summed E-state index contributed by atoms with van der Waals surface area (Å²) in [5.41, 5.74) is 3.02. The topological polar surface area (TPSA) is 15.3 Å². The molecule has 0 radical (unpaired) electrons. The summed E-state index contributed by atoms with van der Waals surface area (Å²) in [6.07, 6.45) is 4.06. The Labute approximate surface area is 43.8 Å². The zero-order valence-corrected chi connectivity index (χ0v) is 4.68. The molecule has 0 spiro atoms. The Morgan fingerprint density at radius 1 is 1.71 bits per heavy atom. The van der Waals surface area contributed by atoms with Crippen LogP contribution in [0.4, 0.5) is 0 Å². The third kappa shape index (κ3) is 0.747. The summed E-state index contributed by atoms with van der Waals surface area (Å²) in [4.78, 5) is 0. The van der Waals surface area contributed by atoms with Crippen molar-refractivity contribution in [2.45, 2.75) is 13.0 Å². The van der Waals surface area contributed by atoms with Crippen molar-refractivity contribution in [1.29, 1.82) is 0 Å². The van der Waals surface area contributed by atoms with Gasteiger partial charge in [0.2, 0.25) is 0 Å². The normalized spacial score (nSPS) is 30.9. The van der Waals surface area contributed by atoms with Crippen molar-refractivity contribution in [3.05, 3.63) is 12.3 Å². The molecule has 0 saturated heterocycles. The Bertz CT molecular complexity index is 88.1. The van der Waals surface area contributed by atoms with Gasteiger partial charge in [0, 0.05) is 19.3 Å². The van der Waals surface area contributed by atoms with Crippen LogP contribution >= 0.6 is 0 Å². The van der Waals surface area contributed by atoms with E-state index in [0.717, 1.165) is 0 Å². The maximum absolute atomic E-state index is 3.02. The standard InChI is InChI=1S/C5H10N2/c1-5-3-4-6-7(5)2/h3-6H,1-2H3. The number of rotatable bonds is 0. The Kier molecular flexibility index (Phi) is 1.02. The van der Waals surface area contributed by atoms with Gasteiger partial charge in [0.05, 0.1) is 0 Å². The van der Waals surface area contributed by atoms with Gasteiger partial charge in [-0.05, 0) is 13.0 Å². The number of hydrazine groups is 1. The van der Waals surface area contributed by atoms with Gasteiger partial charge in [0.1, 0.15) is 0 Å². The Hall–Kier alpha value is -0.500. The monoisotopic (exact) mass is 98.1 g/mol. The largest absolute Gasteiger partial charge is 0.326 e. The predicted molar refractivity (Wildman–Crippen MR) is 29.5 cm³/mol. The summed E-state index contributed by atoms with van der Waals surface area (Å²) < 4.78 is 0. The molecule has 0 aromatic rings. The van der Waals surface area contributed by atoms with Crippen LogP contribution in [-0.2, 0) is 0 Å². The van der Waals surface area contributed by atoms with Gasteiger partial charge in [-0.15, -0.1) is 0 Å². The van der Waals surface area contributed by atoms with Crippen molar-refractivity contribution in [3.8, 4) is 0 Å². The zero-order valence-electron chi connectivity index (χ0n) is 4.68. The van der Waals surface area contributed by atoms with Crippen molar-refractivity contribution in [2.75, 3.05) is 7.05 Å². The molecule has 0 fully saturated rings. The molecule has 40 valence electrons. The molecule has 1 rings (SSSR count). The van der Waals surface area contributed by atoms with Gasteiger partial charge >= 0.3 is 0 Å². The van der Waals surface area contributed by atoms with Crippen LogP contribution in [0.1, 0.15) is 6.92 Å². The minimum absolute atomic E-state index is 0.556. The SMILES string of the molecule is CC1C=CNN1C. The molecule has 7 heavy (non-hydrogen) atoms. The molecule has 1 heterocycles. The summed E-state index contributed by atoms with van der Waals surface area (Å²) in [6.45, 7) is 2.14. The minimum Gasteiger partial charge on any atom is -0.326 e. The van der Waals surface area contributed by atoms with E-state index in [-0.39, 0.29) is 0 Å². The first-order valence-electron chi connectivity index (χ1n) is 2.46. The van der Waals surface area contributed by atoms with Crippen LogP contribution in [0.2, 0.25) is 0 Å². The fourth-order valence-electron chi connectivity index (χ4n) is 0.547. The van der Waals surface area contributed by atoms with E-state index in [0.29, 0.717) is 6.04 Å². The molecular weight excluding hydrogens is 88.1 g/mol. The molecule has 1 aliphatic heterocycles. The van der Waals surface area contributed by atoms with Crippen LogP contribution in [0.25, 0.3) is 0 Å². The Balaban J connectivity index is 2.45. The van der Waals surface area contributed by atoms with E-state index in [4.69, 9.17) is 0 Å². The van der Waals surface area contributed by atoms with E-state index in [1.807, 2.05) is 18.3 Å². The van der Waals surface area contributed by atoms with Crippen LogP contribution in [0, 0.1) is 0 Å². The molecular formula is C5H10N2. The van der Waals surface area contributed by atoms with Crippen molar-refractivity contribution in [1.82, 2.24) is 10.4 Å². The number of nitrogens with zero attached hydrogens (tertiary/aromatic N) is 1. The molecule has 0 aliphatic carbocycles. The lowest BCUT2D eigenvalue weighted by molar-refractivity contribution is 0.267. The molecule has 0 amide bonds. The van der Waals surface area contributed by atoms with E-state index in [9.17, 15) is 0 Å². The first-order valence-corrected chi connectivity index (χ1v) is 2.46. The maximum atomic E-state index is 3.02. The van der Waals surface area contributed by atoms with Gasteiger partial charge in [-0.25, -0.2) is 5.01 Å². The number of likely N-dealkylation sites (N-methyl/N-ethyl adjacent to an activating group) is 1. The van der Waals surface area contributed by atoms with E-state index in [2.05, 4.69) is 18.4 Å². The van der Waals surface area contributed by atoms with Gasteiger partial charge in [0.25, 0.3) is 0 Å². The molecule has 1 unspecified atom stereocenters. The van der Waals surface area contributed by atoms with Crippen molar-refractivity contribution >= 4 is 0 Å². The lowest BCUT2D eigenvalue weighted by Crippen LogP contribution is -2.30. The number of hydrogen-bond acceptors (Lipinski definition) is 2. The first kappa shape index (κ1) is 4.65. The number of hydrogen-bond donors (Lipinski definition) is 1. The molecule has 0 bridgehead atoms. The quantitative estimate of drug-likeness (QED) is 0.470. The van der Waals surface area contributed by atoms with E-state index < -0.39 is 0 Å². The molecule has 0 aromatic carbocycles. The van der Waals surface area contributed by atoms with Crippen LogP contribution < -0.4 is 5.43 Å². The third-order valence-corrected chi connectivity index (χ3v) is 1.26. The average molecular weight is 98.1 g/mol. The fraction of sp³-hybridized carbons (Fsp3) is 0.600. The second kappa shape index (κ2) is 1.54. The van der Waals surface area contributed by atoms with Crippen molar-refractivity contribution in [2.24, 2.45) is 0 Å². The molecule has 0 saturated carbocycles. The summed E-state index contributed by atoms with van der Waals surface area (Å²) in [5.74, 6) is 0. The highest BCUT2D eigenvalue weighted by Gasteiger charge is 2.06. The lowest BCUT2D eigenvalue weighted by atomic mass is 10.3. The van der Waals surface area contributed by atoms with Crippen molar-refractivity contribution < 1.29 is 0 Å². The highest BCUT2D eigenvalue weighted by atomic mass is 15.5. The minimum atomic E-state index is 0.556. The van der Waals surface area contributed by atoms with E-state index >= 15 is 0 Å². The van der Waals surface area contributed by atoms with Gasteiger partial charge in [-0.1, -0.05) is 0 Å². The maximum Gasteiger partial charge on any atom is 0.0456 e. The average Bonchev–Trinajstić information content (AvgIpc) is 1.91. The van der Waals surface area contributed by atoms with Crippen molar-refractivity contribution in [3.63, 3.8) is 0 Å². The highest BCUT2D eigenvalue weighted by molar-refractivity contribution is 4.94. The van der Waals surface area contributed by atoms with E-state index in [1.165, 1.54) is 0 Å².